The fourth-order valence-corrected chi connectivity index (χ4v) is 2.09. The number of piperazine rings is 1. The predicted molar refractivity (Wildman–Crippen MR) is 68.7 cm³/mol. The molecule has 0 radical (unpaired) electrons. The minimum atomic E-state index is -0.0966. The second-order valence-electron chi connectivity index (χ2n) is 4.29. The summed E-state index contributed by atoms with van der Waals surface area (Å²) < 4.78 is 0. The van der Waals surface area contributed by atoms with Crippen LogP contribution in [0.25, 0.3) is 0 Å². The van der Waals surface area contributed by atoms with E-state index in [1.165, 1.54) is 0 Å². The molecule has 5 heteroatoms. The van der Waals surface area contributed by atoms with Crippen LogP contribution in [0.5, 0.6) is 0 Å². The lowest BCUT2D eigenvalue weighted by Gasteiger charge is -2.32. The molecule has 0 saturated carbocycles. The molecule has 17 heavy (non-hydrogen) atoms. The van der Waals surface area contributed by atoms with Gasteiger partial charge in [-0.05, 0) is 24.6 Å². The summed E-state index contributed by atoms with van der Waals surface area (Å²) in [5, 5.41) is 3.41. The number of nitrogens with two attached hydrogens (primary N) is 1. The average Bonchev–Trinajstić information content (AvgIpc) is 2.30. The number of halogens is 1. The normalized spacial score (nSPS) is 21.3. The third-order valence-electron chi connectivity index (χ3n) is 3.07. The molecule has 1 heterocycles. The Balaban J connectivity index is 2.09. The monoisotopic (exact) mass is 253 g/mol. The van der Waals surface area contributed by atoms with Crippen LogP contribution in [0, 0.1) is 0 Å². The molecule has 2 rings (SSSR count). The summed E-state index contributed by atoms with van der Waals surface area (Å²) in [7, 11) is 0. The van der Waals surface area contributed by atoms with Crippen LogP contribution in [0.3, 0.4) is 0 Å². The van der Waals surface area contributed by atoms with E-state index in [0.29, 0.717) is 17.3 Å². The smallest absolute Gasteiger partial charge is 0.237 e. The zero-order chi connectivity index (χ0) is 12.4. The molecule has 1 saturated heterocycles. The van der Waals surface area contributed by atoms with Crippen molar-refractivity contribution in [2.75, 3.05) is 18.8 Å². The quantitative estimate of drug-likeness (QED) is 0.780. The molecule has 1 fully saturated rings. The minimum Gasteiger partial charge on any atom is -0.398 e. The van der Waals surface area contributed by atoms with Crippen LogP contribution in [-0.4, -0.2) is 29.9 Å². The van der Waals surface area contributed by atoms with Crippen molar-refractivity contribution < 1.29 is 4.79 Å². The van der Waals surface area contributed by atoms with Gasteiger partial charge in [-0.3, -0.25) is 9.69 Å². The number of amides is 1. The molecular formula is C12H16ClN3O. The third-order valence-corrected chi connectivity index (χ3v) is 3.42. The summed E-state index contributed by atoms with van der Waals surface area (Å²) in [4.78, 5) is 13.6. The molecule has 4 nitrogen and oxygen atoms in total. The molecule has 0 spiro atoms. The Bertz CT molecular complexity index is 436. The van der Waals surface area contributed by atoms with Gasteiger partial charge >= 0.3 is 0 Å². The van der Waals surface area contributed by atoms with Gasteiger partial charge in [-0.1, -0.05) is 17.7 Å². The lowest BCUT2D eigenvalue weighted by atomic mass is 10.1. The third kappa shape index (κ3) is 2.70. The van der Waals surface area contributed by atoms with Crippen molar-refractivity contribution in [3.63, 3.8) is 0 Å². The van der Waals surface area contributed by atoms with Crippen molar-refractivity contribution in [2.45, 2.75) is 19.5 Å². The molecule has 92 valence electrons. The Labute approximate surface area is 106 Å². The van der Waals surface area contributed by atoms with Gasteiger partial charge in [0.2, 0.25) is 5.91 Å². The largest absolute Gasteiger partial charge is 0.398 e. The molecule has 1 aromatic rings. The summed E-state index contributed by atoms with van der Waals surface area (Å²) in [6.45, 7) is 4.19. The number of nitrogens with one attached hydrogen (secondary N) is 1. The summed E-state index contributed by atoms with van der Waals surface area (Å²) in [6.07, 6.45) is 0. The van der Waals surface area contributed by atoms with E-state index in [0.717, 1.165) is 18.7 Å². The molecule has 0 aromatic heterocycles. The number of nitrogens with zero attached hydrogens (tertiary/aromatic N) is 1. The number of carbonyl (C=O) groups is 1. The van der Waals surface area contributed by atoms with Crippen molar-refractivity contribution in [1.29, 1.82) is 0 Å². The standard InChI is InChI=1S/C12H16ClN3O/c1-8-12(17)15-4-5-16(8)7-9-2-3-10(13)11(14)6-9/h2-3,6,8H,4-5,7,14H2,1H3,(H,15,17). The Morgan fingerprint density at radius 1 is 1.59 bits per heavy atom. The van der Waals surface area contributed by atoms with Crippen LogP contribution < -0.4 is 11.1 Å². The maximum absolute atomic E-state index is 11.5. The van der Waals surface area contributed by atoms with E-state index in [4.69, 9.17) is 17.3 Å². The van der Waals surface area contributed by atoms with Gasteiger partial charge in [0, 0.05) is 19.6 Å². The Morgan fingerprint density at radius 3 is 3.06 bits per heavy atom. The van der Waals surface area contributed by atoms with Gasteiger partial charge in [0.25, 0.3) is 0 Å². The number of hydrogen-bond acceptors (Lipinski definition) is 3. The fourth-order valence-electron chi connectivity index (χ4n) is 1.97. The van der Waals surface area contributed by atoms with E-state index < -0.39 is 0 Å². The lowest BCUT2D eigenvalue weighted by Crippen LogP contribution is -2.53. The van der Waals surface area contributed by atoms with Gasteiger partial charge in [-0.15, -0.1) is 0 Å². The van der Waals surface area contributed by atoms with E-state index >= 15 is 0 Å². The average molecular weight is 254 g/mol. The molecule has 1 aliphatic heterocycles. The molecule has 1 amide bonds. The highest BCUT2D eigenvalue weighted by molar-refractivity contribution is 6.33. The van der Waals surface area contributed by atoms with Crippen molar-refractivity contribution in [2.24, 2.45) is 0 Å². The molecular weight excluding hydrogens is 238 g/mol. The topological polar surface area (TPSA) is 58.4 Å². The number of benzene rings is 1. The molecule has 3 N–H and O–H groups in total. The number of carbonyl (C=O) groups excluding carboxylic acids is 1. The van der Waals surface area contributed by atoms with Crippen molar-refractivity contribution in [3.05, 3.63) is 28.8 Å². The summed E-state index contributed by atoms with van der Waals surface area (Å²) in [6, 6.07) is 5.50. The summed E-state index contributed by atoms with van der Waals surface area (Å²) in [5.74, 6) is 0.0817. The number of hydrogen-bond donors (Lipinski definition) is 2. The lowest BCUT2D eigenvalue weighted by molar-refractivity contribution is -0.128. The van der Waals surface area contributed by atoms with Crippen LogP contribution in [0.4, 0.5) is 5.69 Å². The molecule has 1 aliphatic rings. The maximum Gasteiger partial charge on any atom is 0.237 e. The van der Waals surface area contributed by atoms with Crippen molar-refractivity contribution in [3.8, 4) is 0 Å². The highest BCUT2D eigenvalue weighted by Crippen LogP contribution is 2.21. The Hall–Kier alpha value is -1.26. The zero-order valence-electron chi connectivity index (χ0n) is 9.74. The van der Waals surface area contributed by atoms with E-state index in [2.05, 4.69) is 10.2 Å². The van der Waals surface area contributed by atoms with Gasteiger partial charge < -0.3 is 11.1 Å². The van der Waals surface area contributed by atoms with Crippen molar-refractivity contribution in [1.82, 2.24) is 10.2 Å². The second kappa shape index (κ2) is 4.94. The summed E-state index contributed by atoms with van der Waals surface area (Å²) in [5.41, 5.74) is 7.42. The zero-order valence-corrected chi connectivity index (χ0v) is 10.5. The van der Waals surface area contributed by atoms with Gasteiger partial charge in [0.05, 0.1) is 16.8 Å². The van der Waals surface area contributed by atoms with E-state index in [-0.39, 0.29) is 11.9 Å². The summed E-state index contributed by atoms with van der Waals surface area (Å²) >= 11 is 5.87. The molecule has 0 bridgehead atoms. The number of rotatable bonds is 2. The molecule has 0 aliphatic carbocycles. The predicted octanol–water partition coefficient (Wildman–Crippen LogP) is 1.24. The van der Waals surface area contributed by atoms with Crippen LogP contribution in [-0.2, 0) is 11.3 Å². The Kier molecular flexibility index (Phi) is 3.54. The van der Waals surface area contributed by atoms with E-state index in [1.54, 1.807) is 6.07 Å². The molecule has 1 atom stereocenters. The van der Waals surface area contributed by atoms with Crippen LogP contribution in [0.15, 0.2) is 18.2 Å². The first-order valence-electron chi connectivity index (χ1n) is 5.63. The Morgan fingerprint density at radius 2 is 2.35 bits per heavy atom. The highest BCUT2D eigenvalue weighted by Gasteiger charge is 2.25. The molecule has 1 aromatic carbocycles. The number of anilines is 1. The SMILES string of the molecule is CC1C(=O)NCCN1Cc1ccc(Cl)c(N)c1. The second-order valence-corrected chi connectivity index (χ2v) is 4.70. The van der Waals surface area contributed by atoms with Crippen LogP contribution in [0.2, 0.25) is 5.02 Å². The van der Waals surface area contributed by atoms with Gasteiger partial charge in [0.1, 0.15) is 0 Å². The van der Waals surface area contributed by atoms with E-state index in [1.807, 2.05) is 19.1 Å². The van der Waals surface area contributed by atoms with Crippen molar-refractivity contribution >= 4 is 23.2 Å². The van der Waals surface area contributed by atoms with Gasteiger partial charge in [-0.25, -0.2) is 0 Å². The highest BCUT2D eigenvalue weighted by atomic mass is 35.5. The molecule has 1 unspecified atom stereocenters. The maximum atomic E-state index is 11.5. The number of nitrogen functional groups attached to an aromatic ring is 1. The fraction of sp³-hybridized carbons (Fsp3) is 0.417. The minimum absolute atomic E-state index is 0.0817. The van der Waals surface area contributed by atoms with Crippen LogP contribution >= 0.6 is 11.6 Å². The first kappa shape index (κ1) is 12.2. The van der Waals surface area contributed by atoms with E-state index in [9.17, 15) is 4.79 Å². The van der Waals surface area contributed by atoms with Gasteiger partial charge in [-0.2, -0.15) is 0 Å². The van der Waals surface area contributed by atoms with Crippen LogP contribution in [0.1, 0.15) is 12.5 Å². The first-order chi connectivity index (χ1) is 8.08. The van der Waals surface area contributed by atoms with Gasteiger partial charge in [0.15, 0.2) is 0 Å². The first-order valence-corrected chi connectivity index (χ1v) is 6.01.